The molecule has 1 aliphatic carbocycles. The molecular formula is C11H12F3N5OS. The summed E-state index contributed by atoms with van der Waals surface area (Å²) in [4.78, 5) is 11.7. The minimum Gasteiger partial charge on any atom is -0.355 e. The Hall–Kier alpha value is -1.71. The number of hydrogen-bond acceptors (Lipinski definition) is 5. The highest BCUT2D eigenvalue weighted by Gasteiger charge is 2.38. The first-order valence-electron chi connectivity index (χ1n) is 6.51. The van der Waals surface area contributed by atoms with Crippen molar-refractivity contribution in [3.05, 3.63) is 10.8 Å². The average molecular weight is 319 g/mol. The molecule has 0 saturated heterocycles. The fraction of sp³-hybridized carbons (Fsp3) is 0.636. The molecule has 1 saturated carbocycles. The molecular weight excluding hydrogens is 307 g/mol. The Kier molecular flexibility index (Phi) is 3.56. The largest absolute Gasteiger partial charge is 0.453 e. The highest BCUT2D eigenvalue weighted by Crippen LogP contribution is 2.29. The topological polar surface area (TPSA) is 72.2 Å². The van der Waals surface area contributed by atoms with Gasteiger partial charge in [0.05, 0.1) is 0 Å². The number of aromatic nitrogens is 4. The minimum atomic E-state index is -4.58. The number of alkyl halides is 3. The van der Waals surface area contributed by atoms with Gasteiger partial charge in [0.2, 0.25) is 10.9 Å². The zero-order valence-electron chi connectivity index (χ0n) is 10.9. The number of carbonyl (C=O) groups excluding carboxylic acids is 1. The smallest absolute Gasteiger partial charge is 0.355 e. The van der Waals surface area contributed by atoms with Crippen LogP contribution in [0, 0.1) is 5.92 Å². The maximum Gasteiger partial charge on any atom is 0.453 e. The molecule has 0 unspecified atom stereocenters. The van der Waals surface area contributed by atoms with Crippen LogP contribution in [0.25, 0.3) is 4.96 Å². The van der Waals surface area contributed by atoms with Gasteiger partial charge in [0.15, 0.2) is 0 Å². The number of carbonyl (C=O) groups is 1. The lowest BCUT2D eigenvalue weighted by Gasteiger charge is -2.23. The molecule has 114 valence electrons. The predicted molar refractivity (Wildman–Crippen MR) is 67.7 cm³/mol. The number of hydrogen-bond donors (Lipinski definition) is 1. The highest BCUT2D eigenvalue weighted by atomic mass is 32.1. The molecule has 1 amide bonds. The van der Waals surface area contributed by atoms with Gasteiger partial charge in [-0.05, 0) is 12.8 Å². The summed E-state index contributed by atoms with van der Waals surface area (Å²) in [5.41, 5.74) is 0. The van der Waals surface area contributed by atoms with Gasteiger partial charge in [-0.3, -0.25) is 4.79 Å². The Labute approximate surface area is 121 Å². The predicted octanol–water partition coefficient (Wildman–Crippen LogP) is 1.66. The molecule has 1 N–H and O–H groups in total. The summed E-state index contributed by atoms with van der Waals surface area (Å²) in [7, 11) is 0. The van der Waals surface area contributed by atoms with E-state index in [0.717, 1.165) is 30.6 Å². The van der Waals surface area contributed by atoms with Gasteiger partial charge in [-0.25, -0.2) is 0 Å². The summed E-state index contributed by atoms with van der Waals surface area (Å²) in [5, 5.41) is 13.7. The molecule has 2 heterocycles. The van der Waals surface area contributed by atoms with Crippen LogP contribution in [0.5, 0.6) is 0 Å². The van der Waals surface area contributed by atoms with Crippen LogP contribution in [0.15, 0.2) is 0 Å². The monoisotopic (exact) mass is 319 g/mol. The Morgan fingerprint density at radius 1 is 1.38 bits per heavy atom. The number of amides is 1. The van der Waals surface area contributed by atoms with Gasteiger partial charge in [-0.15, -0.1) is 10.2 Å². The summed E-state index contributed by atoms with van der Waals surface area (Å²) in [6.45, 7) is 0.362. The molecule has 10 heteroatoms. The Bertz CT molecular complexity index is 660. The lowest BCUT2D eigenvalue weighted by Crippen LogP contribution is -2.35. The second kappa shape index (κ2) is 5.24. The van der Waals surface area contributed by atoms with Crippen molar-refractivity contribution in [2.75, 3.05) is 6.54 Å². The zero-order valence-corrected chi connectivity index (χ0v) is 11.7. The Balaban J connectivity index is 1.62. The molecule has 21 heavy (non-hydrogen) atoms. The Morgan fingerprint density at radius 3 is 2.76 bits per heavy atom. The van der Waals surface area contributed by atoms with Crippen molar-refractivity contribution in [1.82, 2.24) is 25.1 Å². The SMILES string of the molecule is O=C(NCCc1nn2c(C(F)(F)F)nnc2s1)C1CCC1. The van der Waals surface area contributed by atoms with E-state index in [2.05, 4.69) is 20.6 Å². The van der Waals surface area contributed by atoms with Crippen LogP contribution in [0.3, 0.4) is 0 Å². The van der Waals surface area contributed by atoms with E-state index in [0.29, 0.717) is 22.5 Å². The van der Waals surface area contributed by atoms with E-state index >= 15 is 0 Å². The maximum absolute atomic E-state index is 12.6. The first-order chi connectivity index (χ1) is 9.95. The van der Waals surface area contributed by atoms with Crippen LogP contribution in [0.1, 0.15) is 30.1 Å². The van der Waals surface area contributed by atoms with Gasteiger partial charge in [-0.2, -0.15) is 22.8 Å². The van der Waals surface area contributed by atoms with Gasteiger partial charge in [0.1, 0.15) is 5.01 Å². The fourth-order valence-corrected chi connectivity index (χ4v) is 2.87. The third kappa shape index (κ3) is 2.85. The van der Waals surface area contributed by atoms with Crippen LogP contribution in [-0.2, 0) is 17.4 Å². The molecule has 1 aliphatic rings. The molecule has 0 spiro atoms. The van der Waals surface area contributed by atoms with Crippen LogP contribution in [0.4, 0.5) is 13.2 Å². The van der Waals surface area contributed by atoms with Crippen LogP contribution in [-0.4, -0.2) is 32.3 Å². The number of nitrogens with one attached hydrogen (secondary N) is 1. The number of fused-ring (bicyclic) bond motifs is 1. The van der Waals surface area contributed by atoms with E-state index in [1.807, 2.05) is 0 Å². The standard InChI is InChI=1S/C11H12F3N5OS/c12-11(13,14)9-16-17-10-19(9)18-7(21-10)4-5-15-8(20)6-2-1-3-6/h6H,1-5H2,(H,15,20). The van der Waals surface area contributed by atoms with E-state index in [1.54, 1.807) is 0 Å². The van der Waals surface area contributed by atoms with Crippen LogP contribution >= 0.6 is 11.3 Å². The van der Waals surface area contributed by atoms with Crippen LogP contribution in [0.2, 0.25) is 0 Å². The van der Waals surface area contributed by atoms with Gasteiger partial charge < -0.3 is 5.32 Å². The van der Waals surface area contributed by atoms with E-state index in [-0.39, 0.29) is 16.8 Å². The second-order valence-corrected chi connectivity index (χ2v) is 5.92. The van der Waals surface area contributed by atoms with Crippen molar-refractivity contribution >= 4 is 22.2 Å². The molecule has 3 rings (SSSR count). The van der Waals surface area contributed by atoms with Crippen molar-refractivity contribution < 1.29 is 18.0 Å². The molecule has 1 fully saturated rings. The van der Waals surface area contributed by atoms with Crippen molar-refractivity contribution in [3.8, 4) is 0 Å². The third-order valence-corrected chi connectivity index (χ3v) is 4.36. The van der Waals surface area contributed by atoms with Crippen molar-refractivity contribution in [2.24, 2.45) is 5.92 Å². The molecule has 0 atom stereocenters. The summed E-state index contributed by atoms with van der Waals surface area (Å²) in [6, 6.07) is 0. The maximum atomic E-state index is 12.6. The van der Waals surface area contributed by atoms with E-state index in [9.17, 15) is 18.0 Å². The number of nitrogens with zero attached hydrogens (tertiary/aromatic N) is 4. The van der Waals surface area contributed by atoms with Gasteiger partial charge >= 0.3 is 6.18 Å². The molecule has 0 radical (unpaired) electrons. The summed E-state index contributed by atoms with van der Waals surface area (Å²) in [6.07, 6.45) is -1.29. The number of halogens is 3. The lowest BCUT2D eigenvalue weighted by molar-refractivity contribution is -0.146. The first kappa shape index (κ1) is 14.2. The number of rotatable bonds is 4. The summed E-state index contributed by atoms with van der Waals surface area (Å²) in [5.74, 6) is -1.02. The quantitative estimate of drug-likeness (QED) is 0.930. The van der Waals surface area contributed by atoms with Crippen molar-refractivity contribution in [1.29, 1.82) is 0 Å². The fourth-order valence-electron chi connectivity index (χ4n) is 2.04. The third-order valence-electron chi connectivity index (χ3n) is 3.40. The summed E-state index contributed by atoms with van der Waals surface area (Å²) < 4.78 is 38.6. The minimum absolute atomic E-state index is 0.0141. The molecule has 0 aliphatic heterocycles. The van der Waals surface area contributed by atoms with Gasteiger partial charge in [0.25, 0.3) is 5.82 Å². The Morgan fingerprint density at radius 2 is 2.14 bits per heavy atom. The first-order valence-corrected chi connectivity index (χ1v) is 7.33. The van der Waals surface area contributed by atoms with E-state index in [1.165, 1.54) is 0 Å². The van der Waals surface area contributed by atoms with Crippen LogP contribution < -0.4 is 5.32 Å². The molecule has 2 aromatic heterocycles. The molecule has 2 aromatic rings. The van der Waals surface area contributed by atoms with Gasteiger partial charge in [-0.1, -0.05) is 17.8 Å². The molecule has 6 nitrogen and oxygen atoms in total. The molecule has 0 bridgehead atoms. The molecule has 0 aromatic carbocycles. The highest BCUT2D eigenvalue weighted by molar-refractivity contribution is 7.16. The zero-order chi connectivity index (χ0) is 15.0. The lowest BCUT2D eigenvalue weighted by atomic mass is 9.85. The van der Waals surface area contributed by atoms with E-state index < -0.39 is 12.0 Å². The van der Waals surface area contributed by atoms with Crippen molar-refractivity contribution in [2.45, 2.75) is 31.9 Å². The average Bonchev–Trinajstić information content (AvgIpc) is 2.83. The normalized spacial score (nSPS) is 16.1. The van der Waals surface area contributed by atoms with E-state index in [4.69, 9.17) is 0 Å². The summed E-state index contributed by atoms with van der Waals surface area (Å²) >= 11 is 1.04. The second-order valence-electron chi connectivity index (χ2n) is 4.88. The van der Waals surface area contributed by atoms with Gasteiger partial charge in [0, 0.05) is 18.9 Å². The van der Waals surface area contributed by atoms with Crippen molar-refractivity contribution in [3.63, 3.8) is 0 Å².